The number of hydrogen-bond acceptors (Lipinski definition) is 2. The van der Waals surface area contributed by atoms with Crippen molar-refractivity contribution < 1.29 is 9.18 Å². The number of aliphatic imine (C=N–C) groups is 1. The summed E-state index contributed by atoms with van der Waals surface area (Å²) in [7, 11) is 5.20. The summed E-state index contributed by atoms with van der Waals surface area (Å²) in [6.45, 7) is 3.14. The van der Waals surface area contributed by atoms with Gasteiger partial charge < -0.3 is 15.1 Å². The van der Waals surface area contributed by atoms with Crippen molar-refractivity contribution in [2.45, 2.75) is 13.5 Å². The number of hydrogen-bond donors (Lipinski definition) is 1. The molecule has 1 amide bonds. The van der Waals surface area contributed by atoms with E-state index in [0.717, 1.165) is 5.56 Å². The van der Waals surface area contributed by atoms with Crippen LogP contribution in [0.15, 0.2) is 23.2 Å². The summed E-state index contributed by atoms with van der Waals surface area (Å²) in [5, 5.41) is 3.21. The number of benzene rings is 1. The Hall–Kier alpha value is -1.82. The molecule has 1 aromatic carbocycles. The molecule has 0 fully saturated rings. The second-order valence-electron chi connectivity index (χ2n) is 5.06. The van der Waals surface area contributed by atoms with Gasteiger partial charge in [0.05, 0.1) is 5.02 Å². The van der Waals surface area contributed by atoms with Gasteiger partial charge in [0.25, 0.3) is 0 Å². The number of amides is 1. The Morgan fingerprint density at radius 1 is 1.36 bits per heavy atom. The number of carbonyl (C=O) groups is 1. The van der Waals surface area contributed by atoms with E-state index in [1.54, 1.807) is 20.2 Å². The van der Waals surface area contributed by atoms with Crippen molar-refractivity contribution in [3.63, 3.8) is 0 Å². The monoisotopic (exact) mass is 328 g/mol. The number of halogens is 2. The van der Waals surface area contributed by atoms with Gasteiger partial charge in [0.1, 0.15) is 12.4 Å². The van der Waals surface area contributed by atoms with Crippen molar-refractivity contribution in [2.75, 3.05) is 34.2 Å². The fourth-order valence-corrected chi connectivity index (χ4v) is 1.86. The van der Waals surface area contributed by atoms with E-state index in [-0.39, 0.29) is 17.5 Å². The first-order chi connectivity index (χ1) is 10.3. The summed E-state index contributed by atoms with van der Waals surface area (Å²) in [6.07, 6.45) is 0. The summed E-state index contributed by atoms with van der Waals surface area (Å²) >= 11 is 5.68. The van der Waals surface area contributed by atoms with Crippen molar-refractivity contribution in [1.29, 1.82) is 0 Å². The standard InChI is InChI=1S/C15H22ClFN4O/c1-5-18-15(19-9-14(22)20(2)3)21(4)10-11-6-7-12(16)13(17)8-11/h6-8H,5,9-10H2,1-4H3,(H,18,19). The first kappa shape index (κ1) is 18.2. The van der Waals surface area contributed by atoms with Gasteiger partial charge in [-0.15, -0.1) is 0 Å². The normalized spacial score (nSPS) is 11.3. The topological polar surface area (TPSA) is 47.9 Å². The molecule has 0 saturated heterocycles. The van der Waals surface area contributed by atoms with E-state index in [0.29, 0.717) is 19.0 Å². The summed E-state index contributed by atoms with van der Waals surface area (Å²) < 4.78 is 13.5. The van der Waals surface area contributed by atoms with Crippen LogP contribution in [0.1, 0.15) is 12.5 Å². The summed E-state index contributed by atoms with van der Waals surface area (Å²) in [5.41, 5.74) is 0.772. The molecule has 0 aliphatic rings. The lowest BCUT2D eigenvalue weighted by Crippen LogP contribution is -2.39. The van der Waals surface area contributed by atoms with Crippen LogP contribution in [0.3, 0.4) is 0 Å². The van der Waals surface area contributed by atoms with Crippen molar-refractivity contribution in [3.8, 4) is 0 Å². The van der Waals surface area contributed by atoms with Crippen molar-refractivity contribution in [1.82, 2.24) is 15.1 Å². The van der Waals surface area contributed by atoms with E-state index < -0.39 is 5.82 Å². The third-order valence-electron chi connectivity index (χ3n) is 2.96. The molecule has 0 aliphatic carbocycles. The van der Waals surface area contributed by atoms with E-state index in [9.17, 15) is 9.18 Å². The SMILES string of the molecule is CCNC(=NCC(=O)N(C)C)N(C)Cc1ccc(Cl)c(F)c1. The predicted molar refractivity (Wildman–Crippen MR) is 87.5 cm³/mol. The van der Waals surface area contributed by atoms with Gasteiger partial charge in [-0.2, -0.15) is 0 Å². The zero-order chi connectivity index (χ0) is 16.7. The van der Waals surface area contributed by atoms with Gasteiger partial charge in [-0.3, -0.25) is 4.79 Å². The number of rotatable bonds is 5. The van der Waals surface area contributed by atoms with Crippen LogP contribution in [-0.2, 0) is 11.3 Å². The third-order valence-corrected chi connectivity index (χ3v) is 3.27. The molecule has 0 spiro atoms. The number of nitrogens with one attached hydrogen (secondary N) is 1. The largest absolute Gasteiger partial charge is 0.357 e. The van der Waals surface area contributed by atoms with Crippen LogP contribution >= 0.6 is 11.6 Å². The zero-order valence-electron chi connectivity index (χ0n) is 13.4. The molecule has 0 unspecified atom stereocenters. The average Bonchev–Trinajstić information content (AvgIpc) is 2.46. The van der Waals surface area contributed by atoms with Crippen LogP contribution in [-0.4, -0.2) is 55.9 Å². The van der Waals surface area contributed by atoms with Crippen LogP contribution in [0.4, 0.5) is 4.39 Å². The highest BCUT2D eigenvalue weighted by molar-refractivity contribution is 6.30. The van der Waals surface area contributed by atoms with Crippen LogP contribution in [0, 0.1) is 5.82 Å². The molecule has 1 aromatic rings. The quantitative estimate of drug-likeness (QED) is 0.664. The number of nitrogens with zero attached hydrogens (tertiary/aromatic N) is 3. The van der Waals surface area contributed by atoms with E-state index in [1.807, 2.05) is 18.9 Å². The Morgan fingerprint density at radius 3 is 2.59 bits per heavy atom. The Balaban J connectivity index is 2.79. The smallest absolute Gasteiger partial charge is 0.243 e. The highest BCUT2D eigenvalue weighted by atomic mass is 35.5. The molecular weight excluding hydrogens is 307 g/mol. The third kappa shape index (κ3) is 5.52. The molecule has 1 rings (SSSR count). The summed E-state index contributed by atoms with van der Waals surface area (Å²) in [6, 6.07) is 4.68. The Labute approximate surface area is 135 Å². The van der Waals surface area contributed by atoms with E-state index >= 15 is 0 Å². The van der Waals surface area contributed by atoms with E-state index in [2.05, 4.69) is 10.3 Å². The second-order valence-corrected chi connectivity index (χ2v) is 5.47. The summed E-state index contributed by atoms with van der Waals surface area (Å²) in [5.74, 6) is 0.0618. The molecule has 0 saturated carbocycles. The molecule has 0 bridgehead atoms. The van der Waals surface area contributed by atoms with Gasteiger partial charge in [0.2, 0.25) is 5.91 Å². The molecule has 22 heavy (non-hydrogen) atoms. The molecule has 7 heteroatoms. The van der Waals surface area contributed by atoms with Crippen LogP contribution < -0.4 is 5.32 Å². The fraction of sp³-hybridized carbons (Fsp3) is 0.467. The molecular formula is C15H22ClFN4O. The molecule has 0 atom stereocenters. The molecule has 0 radical (unpaired) electrons. The zero-order valence-corrected chi connectivity index (χ0v) is 14.1. The number of likely N-dealkylation sites (N-methyl/N-ethyl adjacent to an activating group) is 1. The maximum Gasteiger partial charge on any atom is 0.243 e. The highest BCUT2D eigenvalue weighted by Crippen LogP contribution is 2.16. The van der Waals surface area contributed by atoms with Gasteiger partial charge in [0, 0.05) is 34.2 Å². The Morgan fingerprint density at radius 2 is 2.05 bits per heavy atom. The van der Waals surface area contributed by atoms with Crippen LogP contribution in [0.2, 0.25) is 5.02 Å². The minimum Gasteiger partial charge on any atom is -0.357 e. The average molecular weight is 329 g/mol. The molecule has 5 nitrogen and oxygen atoms in total. The van der Waals surface area contributed by atoms with Gasteiger partial charge >= 0.3 is 0 Å². The van der Waals surface area contributed by atoms with Crippen molar-refractivity contribution in [3.05, 3.63) is 34.6 Å². The second kappa shape index (κ2) is 8.58. The molecule has 0 heterocycles. The maximum absolute atomic E-state index is 13.5. The van der Waals surface area contributed by atoms with E-state index in [4.69, 9.17) is 11.6 Å². The molecule has 0 aliphatic heterocycles. The number of carbonyl (C=O) groups excluding carboxylic acids is 1. The lowest BCUT2D eigenvalue weighted by Gasteiger charge is -2.22. The van der Waals surface area contributed by atoms with Gasteiger partial charge in [0.15, 0.2) is 5.96 Å². The lowest BCUT2D eigenvalue weighted by molar-refractivity contribution is -0.127. The first-order valence-electron chi connectivity index (χ1n) is 6.98. The number of guanidine groups is 1. The van der Waals surface area contributed by atoms with Gasteiger partial charge in [-0.05, 0) is 24.6 Å². The molecule has 1 N–H and O–H groups in total. The molecule has 122 valence electrons. The minimum absolute atomic E-state index is 0.0641. The predicted octanol–water partition coefficient (Wildman–Crippen LogP) is 1.96. The highest BCUT2D eigenvalue weighted by Gasteiger charge is 2.10. The van der Waals surface area contributed by atoms with Gasteiger partial charge in [-0.1, -0.05) is 17.7 Å². The maximum atomic E-state index is 13.5. The van der Waals surface area contributed by atoms with E-state index in [1.165, 1.54) is 17.0 Å². The minimum atomic E-state index is -0.447. The van der Waals surface area contributed by atoms with Crippen molar-refractivity contribution >= 4 is 23.5 Å². The fourth-order valence-electron chi connectivity index (χ4n) is 1.74. The van der Waals surface area contributed by atoms with Crippen LogP contribution in [0.5, 0.6) is 0 Å². The first-order valence-corrected chi connectivity index (χ1v) is 7.36. The molecule has 0 aromatic heterocycles. The van der Waals surface area contributed by atoms with Crippen LogP contribution in [0.25, 0.3) is 0 Å². The summed E-state index contributed by atoms with van der Waals surface area (Å²) in [4.78, 5) is 19.2. The van der Waals surface area contributed by atoms with Gasteiger partial charge in [-0.25, -0.2) is 9.38 Å². The van der Waals surface area contributed by atoms with Crippen molar-refractivity contribution in [2.24, 2.45) is 4.99 Å². The lowest BCUT2D eigenvalue weighted by atomic mass is 10.2. The Bertz CT molecular complexity index is 548. The Kier molecular flexibility index (Phi) is 7.11.